The van der Waals surface area contributed by atoms with Crippen molar-refractivity contribution in [2.75, 3.05) is 19.8 Å². The van der Waals surface area contributed by atoms with Gasteiger partial charge in [0.15, 0.2) is 8.24 Å². The number of carbonyl (C=O) groups is 1. The fourth-order valence-corrected chi connectivity index (χ4v) is 4.13. The van der Waals surface area contributed by atoms with E-state index in [4.69, 9.17) is 19.4 Å². The summed E-state index contributed by atoms with van der Waals surface area (Å²) in [5.74, 6) is 1.06. The van der Waals surface area contributed by atoms with E-state index in [1.165, 1.54) is 56.2 Å². The Morgan fingerprint density at radius 2 is 1.34 bits per heavy atom. The van der Waals surface area contributed by atoms with Gasteiger partial charge in [-0.15, -0.1) is 0 Å². The molecule has 0 saturated heterocycles. The Morgan fingerprint density at radius 1 is 0.816 bits per heavy atom. The first-order chi connectivity index (χ1) is 17.8. The summed E-state index contributed by atoms with van der Waals surface area (Å²) in [5, 5.41) is 7.92. The highest BCUT2D eigenvalue weighted by Gasteiger charge is 2.11. The van der Waals surface area contributed by atoms with E-state index in [1.807, 2.05) is 34.6 Å². The third-order valence-corrected chi connectivity index (χ3v) is 6.60. The van der Waals surface area contributed by atoms with E-state index in [-0.39, 0.29) is 11.9 Å². The molecule has 1 N–H and O–H groups in total. The summed E-state index contributed by atoms with van der Waals surface area (Å²) in [4.78, 5) is 14.7. The molecule has 1 unspecified atom stereocenters. The minimum Gasteiger partial charge on any atom is -0.499 e. The molecule has 0 heterocycles. The van der Waals surface area contributed by atoms with Gasteiger partial charge in [-0.25, -0.2) is 4.89 Å². The molecule has 0 spiro atoms. The molecule has 38 heavy (non-hydrogen) atoms. The van der Waals surface area contributed by atoms with E-state index in [9.17, 15) is 4.79 Å². The predicted molar refractivity (Wildman–Crippen MR) is 170 cm³/mol. The van der Waals surface area contributed by atoms with Crippen molar-refractivity contribution < 1.29 is 24.4 Å². The maximum atomic E-state index is 10.8. The molecular weight excluding hydrogens is 494 g/mol. The van der Waals surface area contributed by atoms with Gasteiger partial charge in [-0.3, -0.25) is 10.1 Å². The number of nitrogens with zero attached hydrogens (tertiary/aromatic N) is 1. The van der Waals surface area contributed by atoms with Crippen LogP contribution in [0.4, 0.5) is 0 Å². The molecule has 0 aromatic rings. The maximum absolute atomic E-state index is 10.8. The molecule has 0 aromatic heterocycles. The molecule has 0 aliphatic carbocycles. The van der Waals surface area contributed by atoms with Gasteiger partial charge in [0.1, 0.15) is 0 Å². The van der Waals surface area contributed by atoms with Crippen molar-refractivity contribution in [2.45, 2.75) is 153 Å². The molecule has 0 fully saturated rings. The largest absolute Gasteiger partial charge is 0.499 e. The Kier molecular flexibility index (Phi) is 37.0. The SMILES string of the molecule is CCCCC(C)=N[Si](C)(C)C.CCCCCCCOO.CCO/C(C)=C(/C)CC.CCOC(=O)C(C)CC. The second kappa shape index (κ2) is 32.0. The molecule has 0 aromatic carbocycles. The molecule has 1 atom stereocenters. The third kappa shape index (κ3) is 39.3. The summed E-state index contributed by atoms with van der Waals surface area (Å²) < 4.78 is 14.7. The summed E-state index contributed by atoms with van der Waals surface area (Å²) in [7, 11) is -1.18. The Labute approximate surface area is 239 Å². The number of esters is 1. The second-order valence-electron chi connectivity index (χ2n) is 10.6. The summed E-state index contributed by atoms with van der Waals surface area (Å²) in [6.45, 7) is 29.1. The first-order valence-electron chi connectivity index (χ1n) is 15.1. The molecule has 6 nitrogen and oxygen atoms in total. The van der Waals surface area contributed by atoms with Crippen LogP contribution in [0, 0.1) is 5.92 Å². The fourth-order valence-electron chi connectivity index (χ4n) is 2.87. The lowest BCUT2D eigenvalue weighted by Gasteiger charge is -2.10. The maximum Gasteiger partial charge on any atom is 0.308 e. The lowest BCUT2D eigenvalue weighted by atomic mass is 10.1. The van der Waals surface area contributed by atoms with Crippen molar-refractivity contribution >= 4 is 19.9 Å². The molecule has 0 radical (unpaired) electrons. The Balaban J connectivity index is -0.000000204. The van der Waals surface area contributed by atoms with Gasteiger partial charge < -0.3 is 14.1 Å². The van der Waals surface area contributed by atoms with Crippen LogP contribution in [-0.4, -0.2) is 45.0 Å². The topological polar surface area (TPSA) is 77.3 Å². The van der Waals surface area contributed by atoms with Crippen LogP contribution in [0.3, 0.4) is 0 Å². The number of hydrogen-bond acceptors (Lipinski definition) is 6. The van der Waals surface area contributed by atoms with Gasteiger partial charge in [-0.2, -0.15) is 0 Å². The van der Waals surface area contributed by atoms with Gasteiger partial charge >= 0.3 is 5.97 Å². The quantitative estimate of drug-likeness (QED) is 0.0386. The normalized spacial score (nSPS) is 12.4. The van der Waals surface area contributed by atoms with Crippen LogP contribution in [-0.2, 0) is 19.2 Å². The zero-order chi connectivity index (χ0) is 30.4. The Bertz CT molecular complexity index is 565. The third-order valence-electron chi connectivity index (χ3n) is 5.55. The summed E-state index contributed by atoms with van der Waals surface area (Å²) in [6.07, 6.45) is 11.7. The standard InChI is InChI=1S/C9H21NSi.C8H16O.C7H14O2.C7H16O2/c1-6-7-8-9(2)10-11(3,4)5;1-5-7(3)8(4)9-6-2;1-4-6(3)7(8)9-5-2;1-2-3-4-5-6-7-9-8/h6-8H2,1-5H3;5-6H2,1-4H3;6H,4-5H2,1-3H3;8H,2-7H2,1H3/b;8-7-;;. The molecule has 0 amide bonds. The van der Waals surface area contributed by atoms with Crippen LogP contribution in [0.1, 0.15) is 133 Å². The molecule has 0 rings (SSSR count). The monoisotopic (exact) mass is 561 g/mol. The number of unbranched alkanes of at least 4 members (excludes halogenated alkanes) is 5. The van der Waals surface area contributed by atoms with E-state index >= 15 is 0 Å². The first kappa shape index (κ1) is 43.9. The van der Waals surface area contributed by atoms with E-state index in [0.29, 0.717) is 13.2 Å². The van der Waals surface area contributed by atoms with E-state index in [1.54, 1.807) is 0 Å². The molecule has 0 saturated carbocycles. The minimum atomic E-state index is -1.18. The second-order valence-corrected chi connectivity index (χ2v) is 15.1. The molecule has 7 heteroatoms. The van der Waals surface area contributed by atoms with Gasteiger partial charge in [0.2, 0.25) is 0 Å². The van der Waals surface area contributed by atoms with Gasteiger partial charge in [0.05, 0.1) is 31.5 Å². The van der Waals surface area contributed by atoms with Crippen molar-refractivity contribution in [3.05, 3.63) is 11.3 Å². The van der Waals surface area contributed by atoms with E-state index in [2.05, 4.69) is 59.1 Å². The van der Waals surface area contributed by atoms with Crippen molar-refractivity contribution in [3.8, 4) is 0 Å². The smallest absolute Gasteiger partial charge is 0.308 e. The highest BCUT2D eigenvalue weighted by atomic mass is 28.3. The van der Waals surface area contributed by atoms with Crippen LogP contribution in [0.5, 0.6) is 0 Å². The lowest BCUT2D eigenvalue weighted by molar-refractivity contribution is -0.242. The van der Waals surface area contributed by atoms with Crippen molar-refractivity contribution in [2.24, 2.45) is 10.6 Å². The number of ether oxygens (including phenoxy) is 2. The summed E-state index contributed by atoms with van der Waals surface area (Å²) in [6, 6.07) is 0. The van der Waals surface area contributed by atoms with Gasteiger partial charge in [0.25, 0.3) is 0 Å². The van der Waals surface area contributed by atoms with Crippen LogP contribution in [0.2, 0.25) is 19.6 Å². The fraction of sp³-hybridized carbons (Fsp3) is 0.871. The zero-order valence-corrected chi connectivity index (χ0v) is 28.8. The number of rotatable bonds is 16. The molecule has 0 aliphatic rings. The molecular formula is C31H67NO5Si. The van der Waals surface area contributed by atoms with Gasteiger partial charge in [-0.1, -0.05) is 66.7 Å². The highest BCUT2D eigenvalue weighted by molar-refractivity contribution is 6.75. The molecule has 230 valence electrons. The molecule has 0 bridgehead atoms. The van der Waals surface area contributed by atoms with Crippen molar-refractivity contribution in [3.63, 3.8) is 0 Å². The first-order valence-corrected chi connectivity index (χ1v) is 18.5. The number of hydrogen-bond donors (Lipinski definition) is 1. The van der Waals surface area contributed by atoms with Crippen LogP contribution in [0.15, 0.2) is 16.0 Å². The summed E-state index contributed by atoms with van der Waals surface area (Å²) in [5.41, 5.74) is 2.70. The Morgan fingerprint density at radius 3 is 1.74 bits per heavy atom. The average Bonchev–Trinajstić information content (AvgIpc) is 2.86. The van der Waals surface area contributed by atoms with E-state index in [0.717, 1.165) is 31.6 Å². The summed E-state index contributed by atoms with van der Waals surface area (Å²) >= 11 is 0. The van der Waals surface area contributed by atoms with Crippen molar-refractivity contribution in [1.82, 2.24) is 0 Å². The number of carbonyl (C=O) groups excluding carboxylic acids is 1. The van der Waals surface area contributed by atoms with Crippen LogP contribution in [0.25, 0.3) is 0 Å². The minimum absolute atomic E-state index is 0.0601. The van der Waals surface area contributed by atoms with Crippen LogP contribution < -0.4 is 0 Å². The van der Waals surface area contributed by atoms with Gasteiger partial charge in [-0.05, 0) is 97.6 Å². The molecule has 0 aliphatic heterocycles. The Hall–Kier alpha value is -1.18. The van der Waals surface area contributed by atoms with Crippen molar-refractivity contribution in [1.29, 1.82) is 0 Å². The zero-order valence-electron chi connectivity index (χ0n) is 27.8. The van der Waals surface area contributed by atoms with Gasteiger partial charge in [0, 0.05) is 0 Å². The lowest BCUT2D eigenvalue weighted by Crippen LogP contribution is -2.18. The predicted octanol–water partition coefficient (Wildman–Crippen LogP) is 10.2. The van der Waals surface area contributed by atoms with E-state index < -0.39 is 8.24 Å². The highest BCUT2D eigenvalue weighted by Crippen LogP contribution is 2.08. The average molecular weight is 562 g/mol. The number of allylic oxidation sites excluding steroid dienone is 2. The van der Waals surface area contributed by atoms with Crippen LogP contribution >= 0.6 is 0 Å².